The number of hydrogen-bond donors (Lipinski definition) is 1. The third-order valence-corrected chi connectivity index (χ3v) is 3.89. The molecular weight excluding hydrogens is 264 g/mol. The van der Waals surface area contributed by atoms with Gasteiger partial charge in [0, 0.05) is 5.41 Å². The van der Waals surface area contributed by atoms with E-state index in [0.717, 1.165) is 22.6 Å². The van der Waals surface area contributed by atoms with E-state index in [0.29, 0.717) is 6.42 Å². The van der Waals surface area contributed by atoms with E-state index in [-0.39, 0.29) is 12.0 Å². The predicted octanol–water partition coefficient (Wildman–Crippen LogP) is 3.20. The number of benzene rings is 2. The van der Waals surface area contributed by atoms with Gasteiger partial charge in [0.1, 0.15) is 11.5 Å². The maximum atomic E-state index is 9.92. The fourth-order valence-corrected chi connectivity index (χ4v) is 2.53. The van der Waals surface area contributed by atoms with Crippen molar-refractivity contribution in [2.45, 2.75) is 18.8 Å². The van der Waals surface area contributed by atoms with Crippen LogP contribution in [0, 0.1) is 0 Å². The van der Waals surface area contributed by atoms with Crippen molar-refractivity contribution in [1.82, 2.24) is 0 Å². The van der Waals surface area contributed by atoms with Gasteiger partial charge in [-0.05, 0) is 35.7 Å². The zero-order valence-electron chi connectivity index (χ0n) is 12.8. The summed E-state index contributed by atoms with van der Waals surface area (Å²) < 4.78 is 10.7. The van der Waals surface area contributed by atoms with E-state index >= 15 is 0 Å². The maximum absolute atomic E-state index is 9.92. The Hall–Kier alpha value is -2.00. The van der Waals surface area contributed by atoms with Crippen molar-refractivity contribution < 1.29 is 14.6 Å². The van der Waals surface area contributed by atoms with Crippen LogP contribution in [-0.4, -0.2) is 25.9 Å². The molecule has 2 aromatic carbocycles. The second-order valence-electron chi connectivity index (χ2n) is 5.44. The van der Waals surface area contributed by atoms with E-state index in [1.807, 2.05) is 48.5 Å². The molecule has 0 aliphatic carbocycles. The Morgan fingerprint density at radius 3 is 2.29 bits per heavy atom. The molecule has 2 aromatic rings. The van der Waals surface area contributed by atoms with Gasteiger partial charge in [0.2, 0.25) is 0 Å². The minimum Gasteiger partial charge on any atom is -0.497 e. The first kappa shape index (κ1) is 15.4. The molecule has 3 heteroatoms. The number of aliphatic hydroxyl groups is 1. The van der Waals surface area contributed by atoms with Crippen LogP contribution in [0.4, 0.5) is 0 Å². The molecule has 1 atom stereocenters. The molecule has 1 N–H and O–H groups in total. The molecule has 0 aliphatic rings. The molecule has 0 fully saturated rings. The first-order chi connectivity index (χ1) is 10.1. The summed E-state index contributed by atoms with van der Waals surface area (Å²) in [5.74, 6) is 1.60. The summed E-state index contributed by atoms with van der Waals surface area (Å²) in [6.07, 6.45) is 0.674. The second kappa shape index (κ2) is 6.64. The average molecular weight is 286 g/mol. The predicted molar refractivity (Wildman–Crippen MR) is 84.1 cm³/mol. The summed E-state index contributed by atoms with van der Waals surface area (Å²) in [5.41, 5.74) is 1.77. The highest BCUT2D eigenvalue weighted by molar-refractivity contribution is 5.42. The molecule has 0 spiro atoms. The zero-order valence-corrected chi connectivity index (χ0v) is 12.8. The zero-order chi connectivity index (χ0) is 15.3. The van der Waals surface area contributed by atoms with Gasteiger partial charge in [-0.15, -0.1) is 0 Å². The van der Waals surface area contributed by atoms with Crippen molar-refractivity contribution in [3.05, 3.63) is 59.7 Å². The average Bonchev–Trinajstić information content (AvgIpc) is 2.55. The molecule has 0 amide bonds. The second-order valence-corrected chi connectivity index (χ2v) is 5.44. The van der Waals surface area contributed by atoms with Crippen LogP contribution in [0.25, 0.3) is 0 Å². The molecule has 0 saturated carbocycles. The van der Waals surface area contributed by atoms with Crippen molar-refractivity contribution in [3.63, 3.8) is 0 Å². The van der Waals surface area contributed by atoms with Crippen molar-refractivity contribution in [2.75, 3.05) is 20.8 Å². The summed E-state index contributed by atoms with van der Waals surface area (Å²) in [4.78, 5) is 0. The Morgan fingerprint density at radius 2 is 1.71 bits per heavy atom. The molecule has 0 heterocycles. The molecule has 0 aromatic heterocycles. The maximum Gasteiger partial charge on any atom is 0.122 e. The highest BCUT2D eigenvalue weighted by Gasteiger charge is 2.27. The van der Waals surface area contributed by atoms with Gasteiger partial charge < -0.3 is 14.6 Å². The molecule has 1 unspecified atom stereocenters. The largest absolute Gasteiger partial charge is 0.497 e. The molecule has 21 heavy (non-hydrogen) atoms. The molecule has 0 bridgehead atoms. The van der Waals surface area contributed by atoms with Crippen LogP contribution >= 0.6 is 0 Å². The summed E-state index contributed by atoms with van der Waals surface area (Å²) in [6.45, 7) is 2.12. The molecular formula is C18H22O3. The van der Waals surface area contributed by atoms with Crippen molar-refractivity contribution >= 4 is 0 Å². The Bertz CT molecular complexity index is 580. The smallest absolute Gasteiger partial charge is 0.122 e. The Morgan fingerprint density at radius 1 is 1.00 bits per heavy atom. The lowest BCUT2D eigenvalue weighted by Crippen LogP contribution is -2.29. The highest BCUT2D eigenvalue weighted by Crippen LogP contribution is 2.33. The van der Waals surface area contributed by atoms with Gasteiger partial charge >= 0.3 is 0 Å². The third kappa shape index (κ3) is 3.37. The first-order valence-electron chi connectivity index (χ1n) is 7.00. The van der Waals surface area contributed by atoms with E-state index in [1.165, 1.54) is 0 Å². The van der Waals surface area contributed by atoms with Crippen LogP contribution in [0.5, 0.6) is 11.5 Å². The van der Waals surface area contributed by atoms with Gasteiger partial charge in [-0.3, -0.25) is 0 Å². The lowest BCUT2D eigenvalue weighted by molar-refractivity contribution is 0.203. The number of ether oxygens (including phenoxy) is 2. The Labute approximate surface area is 126 Å². The van der Waals surface area contributed by atoms with E-state index in [1.54, 1.807) is 14.2 Å². The third-order valence-electron chi connectivity index (χ3n) is 3.89. The van der Waals surface area contributed by atoms with E-state index < -0.39 is 0 Å². The van der Waals surface area contributed by atoms with E-state index in [2.05, 4.69) is 6.92 Å². The fourth-order valence-electron chi connectivity index (χ4n) is 2.53. The van der Waals surface area contributed by atoms with Crippen molar-refractivity contribution in [3.8, 4) is 11.5 Å². The quantitative estimate of drug-likeness (QED) is 0.886. The van der Waals surface area contributed by atoms with Crippen LogP contribution in [0.2, 0.25) is 0 Å². The minimum absolute atomic E-state index is 0.0668. The summed E-state index contributed by atoms with van der Waals surface area (Å²) in [5, 5.41) is 9.92. The number of rotatable bonds is 6. The first-order valence-corrected chi connectivity index (χ1v) is 7.00. The van der Waals surface area contributed by atoms with E-state index in [4.69, 9.17) is 9.47 Å². The molecule has 112 valence electrons. The van der Waals surface area contributed by atoms with Crippen LogP contribution in [0.15, 0.2) is 48.5 Å². The molecule has 0 aliphatic heterocycles. The molecule has 2 rings (SSSR count). The van der Waals surface area contributed by atoms with Gasteiger partial charge in [-0.2, -0.15) is 0 Å². The summed E-state index contributed by atoms with van der Waals surface area (Å²) in [6, 6.07) is 15.8. The molecule has 0 saturated heterocycles. The number of methoxy groups -OCH3 is 2. The van der Waals surface area contributed by atoms with Crippen LogP contribution < -0.4 is 9.47 Å². The highest BCUT2D eigenvalue weighted by atomic mass is 16.5. The lowest BCUT2D eigenvalue weighted by atomic mass is 9.78. The Balaban J connectivity index is 2.38. The summed E-state index contributed by atoms with van der Waals surface area (Å²) >= 11 is 0. The van der Waals surface area contributed by atoms with Gasteiger partial charge in [0.25, 0.3) is 0 Å². The van der Waals surface area contributed by atoms with Crippen LogP contribution in [0.1, 0.15) is 18.1 Å². The van der Waals surface area contributed by atoms with Crippen LogP contribution in [0.3, 0.4) is 0 Å². The Kier molecular flexibility index (Phi) is 4.86. The van der Waals surface area contributed by atoms with Crippen molar-refractivity contribution in [2.24, 2.45) is 0 Å². The van der Waals surface area contributed by atoms with Crippen molar-refractivity contribution in [1.29, 1.82) is 0 Å². The molecule has 3 nitrogen and oxygen atoms in total. The topological polar surface area (TPSA) is 38.7 Å². The van der Waals surface area contributed by atoms with Crippen LogP contribution in [-0.2, 0) is 11.8 Å². The standard InChI is InChI=1S/C18H22O3/c1-18(13-19,15-7-5-4-6-8-15)12-14-11-16(20-2)9-10-17(14)21-3/h4-11,19H,12-13H2,1-3H3. The SMILES string of the molecule is COc1ccc(OC)c(CC(C)(CO)c2ccccc2)c1. The van der Waals surface area contributed by atoms with Gasteiger partial charge in [0.15, 0.2) is 0 Å². The van der Waals surface area contributed by atoms with Gasteiger partial charge in [0.05, 0.1) is 20.8 Å². The monoisotopic (exact) mass is 286 g/mol. The van der Waals surface area contributed by atoms with Gasteiger partial charge in [-0.25, -0.2) is 0 Å². The van der Waals surface area contributed by atoms with Gasteiger partial charge in [-0.1, -0.05) is 37.3 Å². The lowest BCUT2D eigenvalue weighted by Gasteiger charge is -2.29. The fraction of sp³-hybridized carbons (Fsp3) is 0.333. The number of aliphatic hydroxyl groups excluding tert-OH is 1. The summed E-state index contributed by atoms with van der Waals surface area (Å²) in [7, 11) is 3.30. The molecule has 0 radical (unpaired) electrons. The minimum atomic E-state index is -0.360. The number of hydrogen-bond acceptors (Lipinski definition) is 3. The van der Waals surface area contributed by atoms with E-state index in [9.17, 15) is 5.11 Å². The normalized spacial score (nSPS) is 13.5.